The van der Waals surface area contributed by atoms with Gasteiger partial charge in [0, 0.05) is 50.7 Å². The normalized spacial score (nSPS) is 10.5. The summed E-state index contributed by atoms with van der Waals surface area (Å²) in [5.74, 6) is -0.00355. The first-order valence-corrected chi connectivity index (χ1v) is 8.16. The van der Waals surface area contributed by atoms with Gasteiger partial charge in [-0.2, -0.15) is 5.10 Å². The van der Waals surface area contributed by atoms with Crippen LogP contribution in [-0.2, 0) is 6.54 Å². The number of carbonyl (C=O) groups excluding carboxylic acids is 1. The van der Waals surface area contributed by atoms with Crippen LogP contribution < -0.4 is 4.90 Å². The molecule has 0 fully saturated rings. The van der Waals surface area contributed by atoms with Gasteiger partial charge in [-0.3, -0.25) is 4.79 Å². The number of rotatable bonds is 5. The molecule has 0 atom stereocenters. The average Bonchev–Trinajstić information content (AvgIpc) is 3.10. The van der Waals surface area contributed by atoms with Gasteiger partial charge in [-0.05, 0) is 30.3 Å². The fraction of sp³-hybridized carbons (Fsp3) is 0.200. The molecule has 0 unspecified atom stereocenters. The maximum atomic E-state index is 12.7. The molecule has 128 valence electrons. The molecule has 3 aromatic rings. The van der Waals surface area contributed by atoms with Gasteiger partial charge in [0.05, 0.1) is 11.9 Å². The van der Waals surface area contributed by atoms with E-state index in [9.17, 15) is 4.79 Å². The Morgan fingerprint density at radius 3 is 2.52 bits per heavy atom. The van der Waals surface area contributed by atoms with E-state index < -0.39 is 0 Å². The Hall–Kier alpha value is -3.08. The van der Waals surface area contributed by atoms with Gasteiger partial charge < -0.3 is 9.80 Å². The van der Waals surface area contributed by atoms with Crippen LogP contribution in [0.25, 0.3) is 5.69 Å². The molecule has 3 rings (SSSR count). The molecule has 0 spiro atoms. The largest absolute Gasteiger partial charge is 0.378 e. The Morgan fingerprint density at radius 1 is 1.04 bits per heavy atom. The van der Waals surface area contributed by atoms with Crippen LogP contribution in [0.4, 0.5) is 5.69 Å². The van der Waals surface area contributed by atoms with Crippen molar-refractivity contribution in [1.29, 1.82) is 0 Å². The zero-order chi connectivity index (χ0) is 17.8. The Kier molecular flexibility index (Phi) is 4.84. The molecule has 0 aliphatic carbocycles. The minimum Gasteiger partial charge on any atom is -0.378 e. The standard InChI is InChI=1S/C20H22N4O/c1-22(2)19-11-7-8-17(12-19)20(25)23(3)14-16-13-21-24(15-16)18-9-5-4-6-10-18/h4-13,15H,14H2,1-3H3. The summed E-state index contributed by atoms with van der Waals surface area (Å²) in [6.45, 7) is 0.512. The first-order chi connectivity index (χ1) is 12.0. The van der Waals surface area contributed by atoms with E-state index in [2.05, 4.69) is 5.10 Å². The summed E-state index contributed by atoms with van der Waals surface area (Å²) >= 11 is 0. The highest BCUT2D eigenvalue weighted by Crippen LogP contribution is 2.16. The predicted molar refractivity (Wildman–Crippen MR) is 100 cm³/mol. The van der Waals surface area contributed by atoms with E-state index in [4.69, 9.17) is 0 Å². The van der Waals surface area contributed by atoms with Crippen LogP contribution >= 0.6 is 0 Å². The van der Waals surface area contributed by atoms with E-state index in [0.717, 1.165) is 16.9 Å². The van der Waals surface area contributed by atoms with Gasteiger partial charge in [0.15, 0.2) is 0 Å². The van der Waals surface area contributed by atoms with Crippen LogP contribution in [0.3, 0.4) is 0 Å². The lowest BCUT2D eigenvalue weighted by atomic mass is 10.1. The minimum atomic E-state index is -0.00355. The van der Waals surface area contributed by atoms with Crippen molar-refractivity contribution < 1.29 is 4.79 Å². The minimum absolute atomic E-state index is 0.00355. The van der Waals surface area contributed by atoms with E-state index in [1.165, 1.54) is 0 Å². The second-order valence-electron chi connectivity index (χ2n) is 6.23. The zero-order valence-electron chi connectivity index (χ0n) is 14.8. The summed E-state index contributed by atoms with van der Waals surface area (Å²) in [5, 5.41) is 4.38. The fourth-order valence-electron chi connectivity index (χ4n) is 2.65. The smallest absolute Gasteiger partial charge is 0.253 e. The average molecular weight is 334 g/mol. The van der Waals surface area contributed by atoms with Gasteiger partial charge in [0.25, 0.3) is 5.91 Å². The van der Waals surface area contributed by atoms with Crippen molar-refractivity contribution in [3.63, 3.8) is 0 Å². The molecule has 0 radical (unpaired) electrons. The lowest BCUT2D eigenvalue weighted by Crippen LogP contribution is -2.26. The van der Waals surface area contributed by atoms with E-state index in [1.807, 2.05) is 91.5 Å². The molecule has 0 saturated heterocycles. The summed E-state index contributed by atoms with van der Waals surface area (Å²) < 4.78 is 1.82. The van der Waals surface area contributed by atoms with Crippen LogP contribution in [-0.4, -0.2) is 41.7 Å². The Labute approximate surface area is 148 Å². The van der Waals surface area contributed by atoms with Crippen molar-refractivity contribution in [2.45, 2.75) is 6.54 Å². The molecule has 0 bridgehead atoms. The molecular weight excluding hydrogens is 312 g/mol. The van der Waals surface area contributed by atoms with Crippen LogP contribution in [0.15, 0.2) is 67.0 Å². The van der Waals surface area contributed by atoms with Gasteiger partial charge >= 0.3 is 0 Å². The molecule has 1 aromatic heterocycles. The Balaban J connectivity index is 1.72. The highest BCUT2D eigenvalue weighted by atomic mass is 16.2. The number of para-hydroxylation sites is 1. The third kappa shape index (κ3) is 3.88. The summed E-state index contributed by atoms with van der Waals surface area (Å²) in [4.78, 5) is 16.4. The van der Waals surface area contributed by atoms with E-state index in [-0.39, 0.29) is 5.91 Å². The highest BCUT2D eigenvalue weighted by Gasteiger charge is 2.14. The molecule has 0 saturated carbocycles. The lowest BCUT2D eigenvalue weighted by molar-refractivity contribution is 0.0785. The molecule has 0 aliphatic rings. The number of anilines is 1. The maximum absolute atomic E-state index is 12.7. The number of hydrogen-bond acceptors (Lipinski definition) is 3. The van der Waals surface area contributed by atoms with Gasteiger partial charge in [-0.15, -0.1) is 0 Å². The molecule has 1 amide bonds. The molecule has 2 aromatic carbocycles. The number of benzene rings is 2. The summed E-state index contributed by atoms with van der Waals surface area (Å²) in [6, 6.07) is 17.6. The van der Waals surface area contributed by atoms with Crippen LogP contribution in [0.5, 0.6) is 0 Å². The quantitative estimate of drug-likeness (QED) is 0.719. The zero-order valence-corrected chi connectivity index (χ0v) is 14.8. The van der Waals surface area contributed by atoms with Crippen LogP contribution in [0.2, 0.25) is 0 Å². The second kappa shape index (κ2) is 7.21. The van der Waals surface area contributed by atoms with Gasteiger partial charge in [-0.25, -0.2) is 4.68 Å². The molecular formula is C20H22N4O. The number of aromatic nitrogens is 2. The van der Waals surface area contributed by atoms with Crippen molar-refractivity contribution in [2.24, 2.45) is 0 Å². The summed E-state index contributed by atoms with van der Waals surface area (Å²) in [5.41, 5.74) is 3.69. The Morgan fingerprint density at radius 2 is 1.80 bits per heavy atom. The molecule has 0 aliphatic heterocycles. The first-order valence-electron chi connectivity index (χ1n) is 8.16. The molecule has 25 heavy (non-hydrogen) atoms. The molecule has 0 N–H and O–H groups in total. The lowest BCUT2D eigenvalue weighted by Gasteiger charge is -2.18. The number of hydrogen-bond donors (Lipinski definition) is 0. The molecule has 1 heterocycles. The van der Waals surface area contributed by atoms with E-state index >= 15 is 0 Å². The number of carbonyl (C=O) groups is 1. The van der Waals surface area contributed by atoms with Crippen molar-refractivity contribution in [1.82, 2.24) is 14.7 Å². The maximum Gasteiger partial charge on any atom is 0.253 e. The van der Waals surface area contributed by atoms with Crippen molar-refractivity contribution in [2.75, 3.05) is 26.0 Å². The number of amides is 1. The SMILES string of the molecule is CN(Cc1cnn(-c2ccccc2)c1)C(=O)c1cccc(N(C)C)c1. The van der Waals surface area contributed by atoms with Crippen molar-refractivity contribution in [3.05, 3.63) is 78.1 Å². The number of nitrogens with zero attached hydrogens (tertiary/aromatic N) is 4. The third-order valence-electron chi connectivity index (χ3n) is 4.03. The molecule has 5 nitrogen and oxygen atoms in total. The van der Waals surface area contributed by atoms with E-state index in [0.29, 0.717) is 12.1 Å². The van der Waals surface area contributed by atoms with Crippen LogP contribution in [0.1, 0.15) is 15.9 Å². The monoisotopic (exact) mass is 334 g/mol. The molecule has 5 heteroatoms. The third-order valence-corrected chi connectivity index (χ3v) is 4.03. The summed E-state index contributed by atoms with van der Waals surface area (Å²) in [6.07, 6.45) is 3.75. The van der Waals surface area contributed by atoms with Gasteiger partial charge in [-0.1, -0.05) is 24.3 Å². The second-order valence-corrected chi connectivity index (χ2v) is 6.23. The predicted octanol–water partition coefficient (Wildman–Crippen LogP) is 3.21. The van der Waals surface area contributed by atoms with Crippen LogP contribution in [0, 0.1) is 0 Å². The van der Waals surface area contributed by atoms with Crippen molar-refractivity contribution >= 4 is 11.6 Å². The highest BCUT2D eigenvalue weighted by molar-refractivity contribution is 5.95. The van der Waals surface area contributed by atoms with Crippen molar-refractivity contribution in [3.8, 4) is 5.69 Å². The Bertz CT molecular complexity index is 855. The van der Waals surface area contributed by atoms with Gasteiger partial charge in [0.1, 0.15) is 0 Å². The summed E-state index contributed by atoms with van der Waals surface area (Å²) in [7, 11) is 5.74. The fourth-order valence-corrected chi connectivity index (χ4v) is 2.65. The van der Waals surface area contributed by atoms with Gasteiger partial charge in [0.2, 0.25) is 0 Å². The topological polar surface area (TPSA) is 41.4 Å². The first kappa shape index (κ1) is 16.8. The van der Waals surface area contributed by atoms with E-state index in [1.54, 1.807) is 11.1 Å².